The Bertz CT molecular complexity index is 398. The van der Waals surface area contributed by atoms with Crippen LogP contribution in [0.15, 0.2) is 0 Å². The maximum Gasteiger partial charge on any atom is 0.312 e. The average molecular weight is 279 g/mol. The van der Waals surface area contributed by atoms with Crippen molar-refractivity contribution >= 4 is 16.0 Å². The molecule has 0 saturated heterocycles. The minimum Gasteiger partial charge on any atom is -0.458 e. The Kier molecular flexibility index (Phi) is 5.38. The number of sulfonamides is 1. The quantitative estimate of drug-likeness (QED) is 0.751. The summed E-state index contributed by atoms with van der Waals surface area (Å²) in [6, 6.07) is -0.496. The van der Waals surface area contributed by atoms with E-state index in [0.29, 0.717) is 6.42 Å². The Hall–Kier alpha value is -0.620. The van der Waals surface area contributed by atoms with Crippen molar-refractivity contribution in [2.45, 2.75) is 59.6 Å². The summed E-state index contributed by atoms with van der Waals surface area (Å²) in [6.45, 7) is 10.6. The van der Waals surface area contributed by atoms with Crippen LogP contribution in [0, 0.1) is 5.41 Å². The zero-order chi connectivity index (χ0) is 14.8. The van der Waals surface area contributed by atoms with Crippen LogP contribution < -0.4 is 4.72 Å². The van der Waals surface area contributed by atoms with Crippen molar-refractivity contribution in [3.05, 3.63) is 0 Å². The van der Waals surface area contributed by atoms with Gasteiger partial charge in [0.2, 0.25) is 10.0 Å². The van der Waals surface area contributed by atoms with Crippen molar-refractivity contribution in [3.63, 3.8) is 0 Å². The lowest BCUT2D eigenvalue weighted by Crippen LogP contribution is -2.50. The molecule has 0 aliphatic heterocycles. The van der Waals surface area contributed by atoms with Crippen molar-refractivity contribution < 1.29 is 17.9 Å². The highest BCUT2D eigenvalue weighted by molar-refractivity contribution is 7.88. The zero-order valence-corrected chi connectivity index (χ0v) is 13.1. The largest absolute Gasteiger partial charge is 0.458 e. The maximum absolute atomic E-state index is 12.0. The first-order valence-corrected chi connectivity index (χ1v) is 7.91. The summed E-state index contributed by atoms with van der Waals surface area (Å²) in [7, 11) is -3.32. The van der Waals surface area contributed by atoms with E-state index in [1.165, 1.54) is 0 Å². The SMILES string of the molecule is CCC(C)(C)C(=O)OC(C)(C)C(C)NS(C)(=O)=O. The summed E-state index contributed by atoms with van der Waals surface area (Å²) in [4.78, 5) is 12.0. The Labute approximate surface area is 110 Å². The summed E-state index contributed by atoms with van der Waals surface area (Å²) >= 11 is 0. The van der Waals surface area contributed by atoms with E-state index in [-0.39, 0.29) is 5.97 Å². The van der Waals surface area contributed by atoms with Gasteiger partial charge in [-0.1, -0.05) is 6.92 Å². The Balaban J connectivity index is 4.81. The molecule has 6 heteroatoms. The van der Waals surface area contributed by atoms with Crippen LogP contribution in [0.3, 0.4) is 0 Å². The summed E-state index contributed by atoms with van der Waals surface area (Å²) in [6.07, 6.45) is 1.74. The lowest BCUT2D eigenvalue weighted by Gasteiger charge is -2.34. The number of carbonyl (C=O) groups excluding carboxylic acids is 1. The van der Waals surface area contributed by atoms with Crippen LogP contribution in [0.2, 0.25) is 0 Å². The third-order valence-corrected chi connectivity index (χ3v) is 4.01. The second-order valence-corrected chi connectivity index (χ2v) is 7.62. The van der Waals surface area contributed by atoms with Gasteiger partial charge in [-0.15, -0.1) is 0 Å². The van der Waals surface area contributed by atoms with Crippen LogP contribution in [-0.4, -0.2) is 32.3 Å². The highest BCUT2D eigenvalue weighted by Crippen LogP contribution is 2.26. The number of hydrogen-bond acceptors (Lipinski definition) is 4. The molecular weight excluding hydrogens is 254 g/mol. The van der Waals surface area contributed by atoms with Gasteiger partial charge in [-0.25, -0.2) is 13.1 Å². The molecule has 1 atom stereocenters. The molecule has 0 saturated carbocycles. The maximum atomic E-state index is 12.0. The fourth-order valence-electron chi connectivity index (χ4n) is 1.07. The average Bonchev–Trinajstić information content (AvgIpc) is 2.14. The van der Waals surface area contributed by atoms with Crippen LogP contribution in [0.1, 0.15) is 48.0 Å². The minimum atomic E-state index is -3.32. The Morgan fingerprint density at radius 3 is 2.06 bits per heavy atom. The smallest absolute Gasteiger partial charge is 0.312 e. The monoisotopic (exact) mass is 279 g/mol. The van der Waals surface area contributed by atoms with Crippen molar-refractivity contribution in [3.8, 4) is 0 Å². The van der Waals surface area contributed by atoms with Gasteiger partial charge in [0.05, 0.1) is 17.7 Å². The van der Waals surface area contributed by atoms with Gasteiger partial charge >= 0.3 is 5.97 Å². The first-order chi connectivity index (χ1) is 7.82. The highest BCUT2D eigenvalue weighted by Gasteiger charge is 2.36. The van der Waals surface area contributed by atoms with Gasteiger partial charge in [0.15, 0.2) is 0 Å². The Morgan fingerprint density at radius 1 is 1.28 bits per heavy atom. The van der Waals surface area contributed by atoms with Gasteiger partial charge < -0.3 is 4.74 Å². The molecule has 0 fully saturated rings. The molecule has 18 heavy (non-hydrogen) atoms. The molecule has 1 unspecified atom stereocenters. The second kappa shape index (κ2) is 5.57. The van der Waals surface area contributed by atoms with Crippen LogP contribution in [-0.2, 0) is 19.6 Å². The van der Waals surface area contributed by atoms with E-state index in [9.17, 15) is 13.2 Å². The number of rotatable bonds is 6. The van der Waals surface area contributed by atoms with E-state index < -0.39 is 27.1 Å². The predicted octanol–water partition coefficient (Wildman–Crippen LogP) is 1.68. The molecule has 5 nitrogen and oxygen atoms in total. The molecule has 0 aromatic heterocycles. The lowest BCUT2D eigenvalue weighted by molar-refractivity contribution is -0.169. The standard InChI is InChI=1S/C12H25NO4S/c1-8-11(3,4)10(14)17-12(5,6)9(2)13-18(7,15)16/h9,13H,8H2,1-7H3. The zero-order valence-electron chi connectivity index (χ0n) is 12.3. The van der Waals surface area contributed by atoms with Crippen LogP contribution in [0.4, 0.5) is 0 Å². The molecule has 1 N–H and O–H groups in total. The van der Waals surface area contributed by atoms with Gasteiger partial charge in [-0.3, -0.25) is 4.79 Å². The molecule has 0 bridgehead atoms. The van der Waals surface area contributed by atoms with Crippen LogP contribution in [0.25, 0.3) is 0 Å². The first-order valence-electron chi connectivity index (χ1n) is 6.02. The van der Waals surface area contributed by atoms with Gasteiger partial charge in [0.25, 0.3) is 0 Å². The lowest BCUT2D eigenvalue weighted by atomic mass is 9.90. The van der Waals surface area contributed by atoms with Crippen molar-refractivity contribution in [2.75, 3.05) is 6.26 Å². The third kappa shape index (κ3) is 5.35. The molecule has 0 rings (SSSR count). The predicted molar refractivity (Wildman–Crippen MR) is 71.7 cm³/mol. The van der Waals surface area contributed by atoms with E-state index in [0.717, 1.165) is 6.26 Å². The van der Waals surface area contributed by atoms with Gasteiger partial charge in [0, 0.05) is 0 Å². The minimum absolute atomic E-state index is 0.322. The highest BCUT2D eigenvalue weighted by atomic mass is 32.2. The summed E-state index contributed by atoms with van der Waals surface area (Å²) in [5.41, 5.74) is -1.46. The molecule has 0 amide bonds. The van der Waals surface area contributed by atoms with Crippen LogP contribution in [0.5, 0.6) is 0 Å². The van der Waals surface area contributed by atoms with Crippen LogP contribution >= 0.6 is 0 Å². The number of nitrogens with one attached hydrogen (secondary N) is 1. The Morgan fingerprint density at radius 2 is 1.72 bits per heavy atom. The molecule has 0 aromatic carbocycles. The number of hydrogen-bond donors (Lipinski definition) is 1. The van der Waals surface area contributed by atoms with E-state index in [2.05, 4.69) is 4.72 Å². The van der Waals surface area contributed by atoms with Gasteiger partial charge in [-0.05, 0) is 41.0 Å². The molecule has 0 spiro atoms. The van der Waals surface area contributed by atoms with Crippen molar-refractivity contribution in [2.24, 2.45) is 5.41 Å². The summed E-state index contributed by atoms with van der Waals surface area (Å²) < 4.78 is 30.2. The molecule has 0 radical (unpaired) electrons. The van der Waals surface area contributed by atoms with E-state index in [4.69, 9.17) is 4.74 Å². The van der Waals surface area contributed by atoms with Gasteiger partial charge in [0.1, 0.15) is 5.60 Å². The van der Waals surface area contributed by atoms with Crippen molar-refractivity contribution in [1.29, 1.82) is 0 Å². The van der Waals surface area contributed by atoms with E-state index >= 15 is 0 Å². The topological polar surface area (TPSA) is 72.5 Å². The molecule has 108 valence electrons. The van der Waals surface area contributed by atoms with Crippen molar-refractivity contribution in [1.82, 2.24) is 4.72 Å². The number of carbonyl (C=O) groups is 1. The third-order valence-electron chi connectivity index (χ3n) is 3.23. The molecule has 0 aliphatic carbocycles. The van der Waals surface area contributed by atoms with Gasteiger partial charge in [-0.2, -0.15) is 0 Å². The first kappa shape index (κ1) is 17.4. The molecule has 0 heterocycles. The van der Waals surface area contributed by atoms with E-state index in [1.807, 2.05) is 6.92 Å². The molecule has 0 aliphatic rings. The summed E-state index contributed by atoms with van der Waals surface area (Å²) in [5, 5.41) is 0. The normalized spacial score (nSPS) is 15.3. The second-order valence-electron chi connectivity index (χ2n) is 5.84. The fourth-order valence-corrected chi connectivity index (χ4v) is 2.00. The number of ether oxygens (including phenoxy) is 1. The fraction of sp³-hybridized carbons (Fsp3) is 0.917. The summed E-state index contributed by atoms with van der Waals surface area (Å²) in [5.74, 6) is -0.322. The number of esters is 1. The van der Waals surface area contributed by atoms with E-state index in [1.54, 1.807) is 34.6 Å². The molecule has 0 aromatic rings. The molecular formula is C12H25NO4S.